The number of carbonyl (C=O) groups excluding carboxylic acids is 1. The van der Waals surface area contributed by atoms with Crippen molar-refractivity contribution >= 4 is 33.2 Å². The SMILES string of the molecule is COc1cccc(CCCNC(=O)CN(c2cccc(Cl)c2C)S(=O)(=O)c2ccccc2)c1. The van der Waals surface area contributed by atoms with Gasteiger partial charge in [-0.3, -0.25) is 9.10 Å². The Kier molecular flexibility index (Phi) is 8.36. The second kappa shape index (κ2) is 11.2. The summed E-state index contributed by atoms with van der Waals surface area (Å²) >= 11 is 6.24. The summed E-state index contributed by atoms with van der Waals surface area (Å²) in [4.78, 5) is 12.8. The number of carbonyl (C=O) groups is 1. The van der Waals surface area contributed by atoms with Crippen molar-refractivity contribution in [3.05, 3.63) is 88.9 Å². The van der Waals surface area contributed by atoms with Gasteiger partial charge in [-0.15, -0.1) is 0 Å². The minimum absolute atomic E-state index is 0.107. The molecule has 0 saturated carbocycles. The van der Waals surface area contributed by atoms with Gasteiger partial charge in [-0.1, -0.05) is 48.0 Å². The van der Waals surface area contributed by atoms with Gasteiger partial charge in [0.25, 0.3) is 10.0 Å². The topological polar surface area (TPSA) is 75.7 Å². The smallest absolute Gasteiger partial charge is 0.264 e. The van der Waals surface area contributed by atoms with Crippen LogP contribution in [-0.2, 0) is 21.2 Å². The number of ether oxygens (including phenoxy) is 1. The molecule has 0 saturated heterocycles. The van der Waals surface area contributed by atoms with E-state index in [0.29, 0.717) is 29.2 Å². The van der Waals surface area contributed by atoms with Gasteiger partial charge in [-0.2, -0.15) is 0 Å². The molecule has 0 atom stereocenters. The summed E-state index contributed by atoms with van der Waals surface area (Å²) in [5.74, 6) is 0.398. The number of benzene rings is 3. The van der Waals surface area contributed by atoms with Crippen LogP contribution in [0.4, 0.5) is 5.69 Å². The average molecular weight is 487 g/mol. The van der Waals surface area contributed by atoms with E-state index in [-0.39, 0.29) is 17.3 Å². The number of anilines is 1. The average Bonchev–Trinajstić information content (AvgIpc) is 2.83. The Morgan fingerprint density at radius 2 is 1.76 bits per heavy atom. The monoisotopic (exact) mass is 486 g/mol. The van der Waals surface area contributed by atoms with Crippen molar-refractivity contribution in [2.45, 2.75) is 24.7 Å². The zero-order valence-electron chi connectivity index (χ0n) is 18.6. The van der Waals surface area contributed by atoms with E-state index in [1.54, 1.807) is 50.4 Å². The van der Waals surface area contributed by atoms with Crippen LogP contribution in [0.2, 0.25) is 5.02 Å². The molecule has 0 bridgehead atoms. The fourth-order valence-corrected chi connectivity index (χ4v) is 5.09. The summed E-state index contributed by atoms with van der Waals surface area (Å²) < 4.78 is 33.1. The maximum absolute atomic E-state index is 13.4. The molecule has 1 amide bonds. The number of halogens is 1. The minimum Gasteiger partial charge on any atom is -0.497 e. The van der Waals surface area contributed by atoms with Gasteiger partial charge in [0.2, 0.25) is 5.91 Å². The van der Waals surface area contributed by atoms with Crippen LogP contribution in [0.15, 0.2) is 77.7 Å². The molecular formula is C25H27ClN2O4S. The summed E-state index contributed by atoms with van der Waals surface area (Å²) in [5, 5.41) is 3.26. The molecule has 3 rings (SSSR count). The van der Waals surface area contributed by atoms with Gasteiger partial charge in [0, 0.05) is 11.6 Å². The van der Waals surface area contributed by atoms with E-state index in [0.717, 1.165) is 22.0 Å². The van der Waals surface area contributed by atoms with Crippen LogP contribution in [0.1, 0.15) is 17.5 Å². The molecule has 8 heteroatoms. The Morgan fingerprint density at radius 3 is 2.48 bits per heavy atom. The molecule has 0 fully saturated rings. The van der Waals surface area contributed by atoms with Gasteiger partial charge in [-0.05, 0) is 67.3 Å². The summed E-state index contributed by atoms with van der Waals surface area (Å²) in [7, 11) is -2.35. The first kappa shape index (κ1) is 24.6. The third-order valence-electron chi connectivity index (χ3n) is 5.22. The van der Waals surface area contributed by atoms with E-state index < -0.39 is 10.0 Å². The number of rotatable bonds is 10. The number of amides is 1. The van der Waals surface area contributed by atoms with Crippen molar-refractivity contribution in [1.29, 1.82) is 0 Å². The molecule has 0 spiro atoms. The molecule has 1 N–H and O–H groups in total. The molecule has 0 heterocycles. The molecule has 174 valence electrons. The molecule has 6 nitrogen and oxygen atoms in total. The van der Waals surface area contributed by atoms with Gasteiger partial charge in [0.15, 0.2) is 0 Å². The van der Waals surface area contributed by atoms with Gasteiger partial charge < -0.3 is 10.1 Å². The van der Waals surface area contributed by atoms with E-state index in [2.05, 4.69) is 5.32 Å². The van der Waals surface area contributed by atoms with Crippen LogP contribution < -0.4 is 14.4 Å². The summed E-state index contributed by atoms with van der Waals surface area (Å²) in [6, 6.07) is 20.8. The van der Waals surface area contributed by atoms with Crippen LogP contribution in [0, 0.1) is 6.92 Å². The maximum Gasteiger partial charge on any atom is 0.264 e. The molecule has 0 unspecified atom stereocenters. The lowest BCUT2D eigenvalue weighted by molar-refractivity contribution is -0.119. The number of hydrogen-bond donors (Lipinski definition) is 1. The Morgan fingerprint density at radius 1 is 1.03 bits per heavy atom. The van der Waals surface area contributed by atoms with Gasteiger partial charge in [-0.25, -0.2) is 8.42 Å². The van der Waals surface area contributed by atoms with Crippen molar-refractivity contribution in [2.24, 2.45) is 0 Å². The molecule has 33 heavy (non-hydrogen) atoms. The first-order chi connectivity index (χ1) is 15.8. The Labute approximate surface area is 200 Å². The number of hydrogen-bond acceptors (Lipinski definition) is 4. The molecule has 3 aromatic rings. The zero-order valence-corrected chi connectivity index (χ0v) is 20.2. The summed E-state index contributed by atoms with van der Waals surface area (Å²) in [6.45, 7) is 1.80. The number of nitrogens with zero attached hydrogens (tertiary/aromatic N) is 1. The molecule has 0 aliphatic heterocycles. The number of sulfonamides is 1. The van der Waals surface area contributed by atoms with Crippen molar-refractivity contribution < 1.29 is 17.9 Å². The predicted octanol–water partition coefficient (Wildman–Crippen LogP) is 4.60. The fourth-order valence-electron chi connectivity index (χ4n) is 3.42. The van der Waals surface area contributed by atoms with E-state index in [1.165, 1.54) is 12.1 Å². The second-order valence-electron chi connectivity index (χ2n) is 7.51. The standard InChI is InChI=1S/C25H27ClN2O4S/c1-19-23(26)14-7-15-24(19)28(33(30,31)22-12-4-3-5-13-22)18-25(29)27-16-8-10-20-9-6-11-21(17-20)32-2/h3-7,9,11-15,17H,8,10,16,18H2,1-2H3,(H,27,29). The van der Waals surface area contributed by atoms with Crippen molar-refractivity contribution in [1.82, 2.24) is 5.32 Å². The van der Waals surface area contributed by atoms with Gasteiger partial charge in [0.1, 0.15) is 12.3 Å². The highest BCUT2D eigenvalue weighted by molar-refractivity contribution is 7.92. The second-order valence-corrected chi connectivity index (χ2v) is 9.78. The summed E-state index contributed by atoms with van der Waals surface area (Å²) in [5.41, 5.74) is 2.06. The highest BCUT2D eigenvalue weighted by Crippen LogP contribution is 2.30. The van der Waals surface area contributed by atoms with Crippen molar-refractivity contribution in [3.63, 3.8) is 0 Å². The van der Waals surface area contributed by atoms with Crippen LogP contribution in [-0.4, -0.2) is 34.5 Å². The Balaban J connectivity index is 1.72. The van der Waals surface area contributed by atoms with Crippen LogP contribution in [0.25, 0.3) is 0 Å². The zero-order chi connectivity index (χ0) is 23.8. The highest BCUT2D eigenvalue weighted by Gasteiger charge is 2.28. The highest BCUT2D eigenvalue weighted by atomic mass is 35.5. The molecule has 3 aromatic carbocycles. The lowest BCUT2D eigenvalue weighted by atomic mass is 10.1. The lowest BCUT2D eigenvalue weighted by Gasteiger charge is -2.26. The van der Waals surface area contributed by atoms with E-state index >= 15 is 0 Å². The van der Waals surface area contributed by atoms with E-state index in [1.807, 2.05) is 24.3 Å². The lowest BCUT2D eigenvalue weighted by Crippen LogP contribution is -2.41. The van der Waals surface area contributed by atoms with Crippen LogP contribution in [0.3, 0.4) is 0 Å². The number of methoxy groups -OCH3 is 1. The third kappa shape index (κ3) is 6.27. The van der Waals surface area contributed by atoms with Crippen molar-refractivity contribution in [3.8, 4) is 5.75 Å². The first-order valence-electron chi connectivity index (χ1n) is 10.6. The maximum atomic E-state index is 13.4. The van der Waals surface area contributed by atoms with Gasteiger partial charge in [0.05, 0.1) is 17.7 Å². The summed E-state index contributed by atoms with van der Waals surface area (Å²) in [6.07, 6.45) is 1.47. The van der Waals surface area contributed by atoms with Crippen LogP contribution >= 0.6 is 11.6 Å². The quantitative estimate of drug-likeness (QED) is 0.425. The Bertz CT molecular complexity index is 1200. The largest absolute Gasteiger partial charge is 0.497 e. The molecule has 0 radical (unpaired) electrons. The molecule has 0 aromatic heterocycles. The first-order valence-corrected chi connectivity index (χ1v) is 12.4. The predicted molar refractivity (Wildman–Crippen MR) is 131 cm³/mol. The van der Waals surface area contributed by atoms with E-state index in [9.17, 15) is 13.2 Å². The molecule has 0 aliphatic rings. The fraction of sp³-hybridized carbons (Fsp3) is 0.240. The number of nitrogens with one attached hydrogen (secondary N) is 1. The molecular weight excluding hydrogens is 460 g/mol. The Hall–Kier alpha value is -3.03. The normalized spacial score (nSPS) is 11.1. The van der Waals surface area contributed by atoms with Crippen LogP contribution in [0.5, 0.6) is 5.75 Å². The minimum atomic E-state index is -3.97. The number of aryl methyl sites for hydroxylation is 1. The molecule has 0 aliphatic carbocycles. The van der Waals surface area contributed by atoms with Crippen molar-refractivity contribution in [2.75, 3.05) is 24.5 Å². The van der Waals surface area contributed by atoms with Gasteiger partial charge >= 0.3 is 0 Å². The van der Waals surface area contributed by atoms with E-state index in [4.69, 9.17) is 16.3 Å². The third-order valence-corrected chi connectivity index (χ3v) is 7.41.